The Morgan fingerprint density at radius 2 is 1.74 bits per heavy atom. The number of thioether (sulfide) groups is 1. The van der Waals surface area contributed by atoms with Crippen LogP contribution in [0.3, 0.4) is 0 Å². The molecule has 10 heteroatoms. The van der Waals surface area contributed by atoms with Gasteiger partial charge in [-0.2, -0.15) is 15.1 Å². The first-order chi connectivity index (χ1) is 18.5. The number of aliphatic imine (C=N–C) groups is 1. The third kappa shape index (κ3) is 5.74. The van der Waals surface area contributed by atoms with Gasteiger partial charge in [0.15, 0.2) is 17.3 Å². The van der Waals surface area contributed by atoms with Gasteiger partial charge in [0.1, 0.15) is 24.0 Å². The van der Waals surface area contributed by atoms with Gasteiger partial charge in [-0.25, -0.2) is 0 Å². The number of rotatable bonds is 9. The van der Waals surface area contributed by atoms with Gasteiger partial charge in [-0.05, 0) is 53.2 Å². The van der Waals surface area contributed by atoms with Crippen molar-refractivity contribution in [2.45, 2.75) is 6.42 Å². The summed E-state index contributed by atoms with van der Waals surface area (Å²) >= 11 is 7.80. The number of halogens is 1. The third-order valence-corrected chi connectivity index (χ3v) is 6.79. The molecule has 1 N–H and O–H groups in total. The lowest BCUT2D eigenvalue weighted by Gasteiger charge is -2.20. The van der Waals surface area contributed by atoms with Crippen molar-refractivity contribution in [2.24, 2.45) is 10.1 Å². The number of benzene rings is 3. The molecule has 1 amide bonds. The van der Waals surface area contributed by atoms with Gasteiger partial charge in [0.05, 0.1) is 17.7 Å². The predicted molar refractivity (Wildman–Crippen MR) is 151 cm³/mol. The van der Waals surface area contributed by atoms with Crippen molar-refractivity contribution in [3.63, 3.8) is 0 Å². The monoisotopic (exact) mass is 546 g/mol. The number of carbonyl (C=O) groups excluding carboxylic acids is 1. The number of carbonyl (C=O) groups is 1. The van der Waals surface area contributed by atoms with Crippen LogP contribution < -0.4 is 14.2 Å². The average molecular weight is 547 g/mol. The van der Waals surface area contributed by atoms with E-state index in [2.05, 4.69) is 10.1 Å². The number of para-hydroxylation sites is 1. The van der Waals surface area contributed by atoms with Gasteiger partial charge in [0.2, 0.25) is 5.17 Å². The van der Waals surface area contributed by atoms with Gasteiger partial charge in [-0.3, -0.25) is 10.2 Å². The van der Waals surface area contributed by atoms with Crippen molar-refractivity contribution in [1.82, 2.24) is 5.01 Å². The quantitative estimate of drug-likeness (QED) is 0.274. The van der Waals surface area contributed by atoms with Crippen molar-refractivity contribution in [3.8, 4) is 17.2 Å². The second-order valence-electron chi connectivity index (χ2n) is 8.22. The number of nitrogens with one attached hydrogen (secondary N) is 1. The first kappa shape index (κ1) is 25.6. The summed E-state index contributed by atoms with van der Waals surface area (Å²) in [5.74, 6) is 0.935. The molecule has 3 aromatic carbocycles. The van der Waals surface area contributed by atoms with E-state index in [1.54, 1.807) is 18.2 Å². The summed E-state index contributed by atoms with van der Waals surface area (Å²) in [5.41, 5.74) is 1.75. The zero-order valence-corrected chi connectivity index (χ0v) is 22.0. The van der Waals surface area contributed by atoms with Gasteiger partial charge in [0, 0.05) is 6.42 Å². The molecular formula is C28H23ClN4O4S. The minimum atomic E-state index is -0.515. The largest absolute Gasteiger partial charge is 0.493 e. The van der Waals surface area contributed by atoms with E-state index in [1.165, 1.54) is 23.9 Å². The number of methoxy groups -OCH3 is 1. The van der Waals surface area contributed by atoms with Crippen LogP contribution in [-0.4, -0.2) is 47.3 Å². The van der Waals surface area contributed by atoms with Crippen LogP contribution in [0.1, 0.15) is 11.1 Å². The predicted octanol–water partition coefficient (Wildman–Crippen LogP) is 5.67. The van der Waals surface area contributed by atoms with Crippen molar-refractivity contribution in [3.05, 3.63) is 94.5 Å². The van der Waals surface area contributed by atoms with Crippen LogP contribution in [0, 0.1) is 5.41 Å². The molecular weight excluding hydrogens is 524 g/mol. The fourth-order valence-corrected chi connectivity index (χ4v) is 5.02. The van der Waals surface area contributed by atoms with E-state index in [0.29, 0.717) is 40.3 Å². The molecule has 192 valence electrons. The lowest BCUT2D eigenvalue weighted by Crippen LogP contribution is -2.35. The summed E-state index contributed by atoms with van der Waals surface area (Å²) in [6, 6.07) is 22.6. The molecule has 0 spiro atoms. The first-order valence-corrected chi connectivity index (χ1v) is 12.9. The second kappa shape index (κ2) is 11.5. The maximum absolute atomic E-state index is 12.8. The summed E-state index contributed by atoms with van der Waals surface area (Å²) < 4.78 is 17.0. The molecule has 8 nitrogen and oxygen atoms in total. The van der Waals surface area contributed by atoms with Gasteiger partial charge in [-0.1, -0.05) is 60.1 Å². The number of hydrogen-bond donors (Lipinski definition) is 1. The maximum Gasteiger partial charge on any atom is 0.283 e. The lowest BCUT2D eigenvalue weighted by molar-refractivity contribution is -0.114. The minimum absolute atomic E-state index is 0.0518. The van der Waals surface area contributed by atoms with Crippen LogP contribution in [-0.2, 0) is 11.2 Å². The number of hydrogen-bond acceptors (Lipinski definition) is 7. The Morgan fingerprint density at radius 3 is 2.47 bits per heavy atom. The van der Waals surface area contributed by atoms with Crippen LogP contribution in [0.2, 0.25) is 5.02 Å². The number of fused-ring (bicyclic) bond motifs is 1. The van der Waals surface area contributed by atoms with E-state index in [0.717, 1.165) is 16.4 Å². The van der Waals surface area contributed by atoms with Gasteiger partial charge in [0.25, 0.3) is 5.91 Å². The Hall–Kier alpha value is -4.08. The highest BCUT2D eigenvalue weighted by atomic mass is 35.5. The molecule has 2 aliphatic rings. The van der Waals surface area contributed by atoms with E-state index in [1.807, 2.05) is 60.7 Å². The Morgan fingerprint density at radius 1 is 1.03 bits per heavy atom. The highest BCUT2D eigenvalue weighted by Crippen LogP contribution is 2.38. The zero-order chi connectivity index (χ0) is 26.5. The highest BCUT2D eigenvalue weighted by molar-refractivity contribution is 8.26. The Labute approximate surface area is 229 Å². The van der Waals surface area contributed by atoms with Gasteiger partial charge in [-0.15, -0.1) is 0 Å². The Kier molecular flexibility index (Phi) is 7.76. The van der Waals surface area contributed by atoms with Crippen molar-refractivity contribution < 1.29 is 19.0 Å². The third-order valence-electron chi connectivity index (χ3n) is 5.60. The molecule has 0 bridgehead atoms. The van der Waals surface area contributed by atoms with E-state index >= 15 is 0 Å². The standard InChI is InChI=1S/C28H23ClN4O4S/c1-35-23-16-19(15-22(29)25(23)37-13-12-36-20-10-6-3-7-11-20)14-21-26(30)33-28(31-27(21)34)38-24(32-33)17-18-8-4-2-5-9-18/h2-11,14-16,30H,12-13,17H2,1H3/b21-14-,30-26?. The molecule has 0 aromatic heterocycles. The second-order valence-corrected chi connectivity index (χ2v) is 9.67. The van der Waals surface area contributed by atoms with Gasteiger partial charge < -0.3 is 14.2 Å². The molecule has 0 atom stereocenters. The van der Waals surface area contributed by atoms with Crippen molar-refractivity contribution >= 4 is 51.4 Å². The summed E-state index contributed by atoms with van der Waals surface area (Å²) in [7, 11) is 1.50. The molecule has 0 unspecified atom stereocenters. The van der Waals surface area contributed by atoms with Crippen LogP contribution in [0.15, 0.2) is 88.5 Å². The molecule has 0 aliphatic carbocycles. The van der Waals surface area contributed by atoms with E-state index in [-0.39, 0.29) is 18.0 Å². The van der Waals surface area contributed by atoms with Crippen LogP contribution >= 0.6 is 23.4 Å². The Bertz CT molecular complexity index is 1460. The first-order valence-electron chi connectivity index (χ1n) is 11.7. The van der Waals surface area contributed by atoms with Crippen molar-refractivity contribution in [1.29, 1.82) is 5.41 Å². The summed E-state index contributed by atoms with van der Waals surface area (Å²) in [6.45, 7) is 0.573. The van der Waals surface area contributed by atoms with Crippen LogP contribution in [0.25, 0.3) is 6.08 Å². The summed E-state index contributed by atoms with van der Waals surface area (Å²) in [6.07, 6.45) is 2.14. The topological polar surface area (TPSA) is 96.6 Å². The SMILES string of the molecule is COc1cc(/C=C2/C(=N)N3N=C(Cc4ccccc4)SC3=NC2=O)cc(Cl)c1OCCOc1ccccc1. The number of ether oxygens (including phenoxy) is 3. The van der Waals surface area contributed by atoms with Crippen LogP contribution in [0.5, 0.6) is 17.2 Å². The van der Waals surface area contributed by atoms with E-state index in [4.69, 9.17) is 31.2 Å². The minimum Gasteiger partial charge on any atom is -0.493 e. The average Bonchev–Trinajstić information content (AvgIpc) is 3.33. The van der Waals surface area contributed by atoms with Gasteiger partial charge >= 0.3 is 0 Å². The van der Waals surface area contributed by atoms with E-state index in [9.17, 15) is 4.79 Å². The maximum atomic E-state index is 12.8. The number of amides is 1. The molecule has 0 saturated carbocycles. The number of amidine groups is 2. The highest BCUT2D eigenvalue weighted by Gasteiger charge is 2.35. The Balaban J connectivity index is 1.30. The lowest BCUT2D eigenvalue weighted by atomic mass is 10.1. The smallest absolute Gasteiger partial charge is 0.283 e. The molecule has 0 saturated heterocycles. The zero-order valence-electron chi connectivity index (χ0n) is 20.4. The van der Waals surface area contributed by atoms with E-state index < -0.39 is 5.91 Å². The molecule has 5 rings (SSSR count). The normalized spacial score (nSPS) is 15.7. The summed E-state index contributed by atoms with van der Waals surface area (Å²) in [4.78, 5) is 17.0. The van der Waals surface area contributed by atoms with Crippen LogP contribution in [0.4, 0.5) is 0 Å². The molecule has 2 aliphatic heterocycles. The molecule has 0 fully saturated rings. The number of nitrogens with zero attached hydrogens (tertiary/aromatic N) is 3. The number of hydrazone groups is 1. The molecule has 3 aromatic rings. The molecule has 2 heterocycles. The molecule has 38 heavy (non-hydrogen) atoms. The fraction of sp³-hybridized carbons (Fsp3) is 0.143. The van der Waals surface area contributed by atoms with Crippen molar-refractivity contribution in [2.75, 3.05) is 20.3 Å². The molecule has 0 radical (unpaired) electrons. The summed E-state index contributed by atoms with van der Waals surface area (Å²) in [5, 5.41) is 16.0. The fourth-order valence-electron chi connectivity index (χ4n) is 3.82.